The SMILES string of the molecule is C[Si](C)C1=CCCO1. The minimum Gasteiger partial charge on any atom is -0.503 e. The van der Waals surface area contributed by atoms with Crippen molar-refractivity contribution < 1.29 is 4.74 Å². The third kappa shape index (κ3) is 1.13. The molecule has 0 saturated heterocycles. The first-order chi connectivity index (χ1) is 3.80. The fraction of sp³-hybridized carbons (Fsp3) is 0.667. The smallest absolute Gasteiger partial charge is 0.126 e. The third-order valence-electron chi connectivity index (χ3n) is 1.20. The fourth-order valence-corrected chi connectivity index (χ4v) is 1.71. The molecular formula is C6H11OSi. The summed E-state index contributed by atoms with van der Waals surface area (Å²) >= 11 is 0. The zero-order chi connectivity index (χ0) is 5.98. The lowest BCUT2D eigenvalue weighted by atomic mass is 10.5. The Labute approximate surface area is 52.0 Å². The van der Waals surface area contributed by atoms with E-state index in [4.69, 9.17) is 4.74 Å². The van der Waals surface area contributed by atoms with Crippen molar-refractivity contribution in [2.75, 3.05) is 6.61 Å². The van der Waals surface area contributed by atoms with E-state index in [-0.39, 0.29) is 8.80 Å². The van der Waals surface area contributed by atoms with Crippen LogP contribution in [0.15, 0.2) is 11.5 Å². The van der Waals surface area contributed by atoms with Gasteiger partial charge in [-0.1, -0.05) is 13.1 Å². The van der Waals surface area contributed by atoms with Gasteiger partial charge in [0.15, 0.2) is 0 Å². The molecule has 0 unspecified atom stereocenters. The van der Waals surface area contributed by atoms with Crippen LogP contribution in [0, 0.1) is 0 Å². The Morgan fingerprint density at radius 3 is 2.62 bits per heavy atom. The van der Waals surface area contributed by atoms with Crippen LogP contribution in [0.2, 0.25) is 13.1 Å². The van der Waals surface area contributed by atoms with Crippen molar-refractivity contribution in [1.82, 2.24) is 0 Å². The van der Waals surface area contributed by atoms with Crippen LogP contribution >= 0.6 is 0 Å². The van der Waals surface area contributed by atoms with Gasteiger partial charge < -0.3 is 4.74 Å². The highest BCUT2D eigenvalue weighted by Gasteiger charge is 2.09. The van der Waals surface area contributed by atoms with Crippen LogP contribution in [0.4, 0.5) is 0 Å². The van der Waals surface area contributed by atoms with Crippen molar-refractivity contribution in [3.8, 4) is 0 Å². The van der Waals surface area contributed by atoms with Crippen molar-refractivity contribution in [3.63, 3.8) is 0 Å². The van der Waals surface area contributed by atoms with E-state index < -0.39 is 0 Å². The monoisotopic (exact) mass is 127 g/mol. The molecule has 1 aliphatic rings. The third-order valence-corrected chi connectivity index (χ3v) is 2.53. The molecule has 1 nitrogen and oxygen atoms in total. The summed E-state index contributed by atoms with van der Waals surface area (Å²) in [4.78, 5) is 0. The molecule has 0 spiro atoms. The standard InChI is InChI=1S/C6H11OSi/c1-8(2)6-4-3-5-7-6/h4H,3,5H2,1-2H3. The number of hydrogen-bond acceptors (Lipinski definition) is 1. The zero-order valence-corrected chi connectivity index (χ0v) is 6.40. The average Bonchev–Trinajstić information content (AvgIpc) is 2.12. The molecule has 0 N–H and O–H groups in total. The summed E-state index contributed by atoms with van der Waals surface area (Å²) < 4.78 is 5.32. The van der Waals surface area contributed by atoms with Crippen LogP contribution in [0.5, 0.6) is 0 Å². The van der Waals surface area contributed by atoms with Crippen LogP contribution in [-0.2, 0) is 4.74 Å². The molecule has 0 bridgehead atoms. The van der Waals surface area contributed by atoms with Crippen LogP contribution in [0.1, 0.15) is 6.42 Å². The predicted molar refractivity (Wildman–Crippen MR) is 36.1 cm³/mol. The fourth-order valence-electron chi connectivity index (χ4n) is 0.766. The molecule has 1 heterocycles. The van der Waals surface area contributed by atoms with Gasteiger partial charge in [-0.15, -0.1) is 0 Å². The van der Waals surface area contributed by atoms with Gasteiger partial charge in [-0.25, -0.2) is 0 Å². The molecule has 0 aromatic carbocycles. The summed E-state index contributed by atoms with van der Waals surface area (Å²) in [7, 11) is -0.273. The van der Waals surface area contributed by atoms with Gasteiger partial charge in [-0.3, -0.25) is 0 Å². The van der Waals surface area contributed by atoms with Crippen LogP contribution in [0.3, 0.4) is 0 Å². The maximum absolute atomic E-state index is 5.32. The molecule has 1 aliphatic heterocycles. The average molecular weight is 127 g/mol. The Balaban J connectivity index is 2.45. The Morgan fingerprint density at radius 1 is 1.62 bits per heavy atom. The second-order valence-corrected chi connectivity index (χ2v) is 4.70. The Hall–Kier alpha value is -0.243. The maximum atomic E-state index is 5.32. The molecule has 0 fully saturated rings. The molecule has 0 atom stereocenters. The van der Waals surface area contributed by atoms with Crippen molar-refractivity contribution >= 4 is 8.80 Å². The molecule has 0 aliphatic carbocycles. The summed E-state index contributed by atoms with van der Waals surface area (Å²) in [6.45, 7) is 5.43. The number of hydrogen-bond donors (Lipinski definition) is 0. The highest BCUT2D eigenvalue weighted by Crippen LogP contribution is 2.11. The van der Waals surface area contributed by atoms with E-state index in [2.05, 4.69) is 19.2 Å². The first kappa shape index (κ1) is 5.89. The van der Waals surface area contributed by atoms with Gasteiger partial charge in [0, 0.05) is 6.42 Å². The number of rotatable bonds is 1. The van der Waals surface area contributed by atoms with Gasteiger partial charge in [-0.2, -0.15) is 0 Å². The van der Waals surface area contributed by atoms with Gasteiger partial charge >= 0.3 is 0 Å². The highest BCUT2D eigenvalue weighted by atomic mass is 28.3. The second-order valence-electron chi connectivity index (χ2n) is 2.21. The molecule has 0 saturated carbocycles. The predicted octanol–water partition coefficient (Wildman–Crippen LogP) is 1.58. The molecule has 1 rings (SSSR count). The van der Waals surface area contributed by atoms with Gasteiger partial charge in [0.05, 0.1) is 12.0 Å². The van der Waals surface area contributed by atoms with Gasteiger partial charge in [-0.05, 0) is 6.08 Å². The molecule has 8 heavy (non-hydrogen) atoms. The zero-order valence-electron chi connectivity index (χ0n) is 5.40. The van der Waals surface area contributed by atoms with Crippen molar-refractivity contribution in [1.29, 1.82) is 0 Å². The summed E-state index contributed by atoms with van der Waals surface area (Å²) in [5.41, 5.74) is 0. The maximum Gasteiger partial charge on any atom is 0.126 e. The summed E-state index contributed by atoms with van der Waals surface area (Å²) in [5, 5.41) is 1.27. The van der Waals surface area contributed by atoms with E-state index in [1.165, 1.54) is 5.38 Å². The topological polar surface area (TPSA) is 9.23 Å². The minimum absolute atomic E-state index is 0.273. The molecule has 45 valence electrons. The summed E-state index contributed by atoms with van der Waals surface area (Å²) in [6.07, 6.45) is 3.35. The lowest BCUT2D eigenvalue weighted by molar-refractivity contribution is 0.266. The number of ether oxygens (including phenoxy) is 1. The summed E-state index contributed by atoms with van der Waals surface area (Å²) in [5.74, 6) is 0. The van der Waals surface area contributed by atoms with Crippen molar-refractivity contribution in [3.05, 3.63) is 11.5 Å². The first-order valence-corrected chi connectivity index (χ1v) is 5.44. The van der Waals surface area contributed by atoms with Crippen LogP contribution in [-0.4, -0.2) is 15.4 Å². The van der Waals surface area contributed by atoms with Crippen LogP contribution in [0.25, 0.3) is 0 Å². The highest BCUT2D eigenvalue weighted by molar-refractivity contribution is 6.63. The lowest BCUT2D eigenvalue weighted by Crippen LogP contribution is -2.05. The minimum atomic E-state index is -0.273. The molecule has 1 radical (unpaired) electrons. The Bertz CT molecular complexity index is 107. The van der Waals surface area contributed by atoms with E-state index in [9.17, 15) is 0 Å². The van der Waals surface area contributed by atoms with E-state index in [0.717, 1.165) is 13.0 Å². The van der Waals surface area contributed by atoms with E-state index in [1.54, 1.807) is 0 Å². The van der Waals surface area contributed by atoms with Crippen molar-refractivity contribution in [2.45, 2.75) is 19.5 Å². The molecule has 0 aromatic heterocycles. The van der Waals surface area contributed by atoms with E-state index >= 15 is 0 Å². The second kappa shape index (κ2) is 2.35. The Kier molecular flexibility index (Phi) is 1.73. The molecular weight excluding hydrogens is 116 g/mol. The normalized spacial score (nSPS) is 18.6. The van der Waals surface area contributed by atoms with Gasteiger partial charge in [0.25, 0.3) is 0 Å². The Morgan fingerprint density at radius 2 is 2.38 bits per heavy atom. The van der Waals surface area contributed by atoms with Gasteiger partial charge in [0.2, 0.25) is 0 Å². The van der Waals surface area contributed by atoms with E-state index in [1.807, 2.05) is 0 Å². The van der Waals surface area contributed by atoms with E-state index in [0.29, 0.717) is 0 Å². The van der Waals surface area contributed by atoms with Crippen molar-refractivity contribution in [2.24, 2.45) is 0 Å². The molecule has 2 heteroatoms. The summed E-state index contributed by atoms with van der Waals surface area (Å²) in [6, 6.07) is 0. The quantitative estimate of drug-likeness (QED) is 0.486. The van der Waals surface area contributed by atoms with Gasteiger partial charge in [0.1, 0.15) is 8.80 Å². The van der Waals surface area contributed by atoms with Crippen LogP contribution < -0.4 is 0 Å². The largest absolute Gasteiger partial charge is 0.503 e. The first-order valence-electron chi connectivity index (χ1n) is 2.94. The molecule has 0 aromatic rings. The molecule has 0 amide bonds. The lowest BCUT2D eigenvalue weighted by Gasteiger charge is -2.03.